The summed E-state index contributed by atoms with van der Waals surface area (Å²) < 4.78 is 5.16. The molecule has 0 saturated carbocycles. The Bertz CT molecular complexity index is 941. The third-order valence-electron chi connectivity index (χ3n) is 4.55. The summed E-state index contributed by atoms with van der Waals surface area (Å²) in [6.45, 7) is 3.72. The van der Waals surface area contributed by atoms with Crippen molar-refractivity contribution in [3.63, 3.8) is 0 Å². The van der Waals surface area contributed by atoms with E-state index in [1.165, 1.54) is 22.3 Å². The second-order valence-electron chi connectivity index (χ2n) is 6.07. The van der Waals surface area contributed by atoms with Crippen LogP contribution in [0.5, 0.6) is 0 Å². The fourth-order valence-corrected chi connectivity index (χ4v) is 3.35. The van der Waals surface area contributed by atoms with Crippen molar-refractivity contribution >= 4 is 11.6 Å². The number of hydrogen-bond acceptors (Lipinski definition) is 3. The first-order valence-electron chi connectivity index (χ1n) is 8.15. The zero-order valence-corrected chi connectivity index (χ0v) is 13.7. The number of carbonyl (C=O) groups is 1. The Morgan fingerprint density at radius 3 is 2.79 bits per heavy atom. The van der Waals surface area contributed by atoms with Gasteiger partial charge in [-0.15, -0.1) is 0 Å². The van der Waals surface area contributed by atoms with Crippen molar-refractivity contribution in [2.75, 3.05) is 5.32 Å². The molecular weight excluding hydrogens is 300 g/mol. The number of fused-ring (bicyclic) bond motifs is 3. The van der Waals surface area contributed by atoms with E-state index in [0.29, 0.717) is 23.4 Å². The maximum Gasteiger partial charge on any atom is 0.261 e. The van der Waals surface area contributed by atoms with E-state index in [4.69, 9.17) is 4.52 Å². The Balaban J connectivity index is 1.66. The average molecular weight is 318 g/mol. The van der Waals surface area contributed by atoms with Gasteiger partial charge in [-0.1, -0.05) is 42.4 Å². The smallest absolute Gasteiger partial charge is 0.261 e. The molecule has 0 aliphatic heterocycles. The number of rotatable bonds is 3. The van der Waals surface area contributed by atoms with Crippen LogP contribution in [0.1, 0.15) is 39.9 Å². The van der Waals surface area contributed by atoms with Crippen molar-refractivity contribution < 1.29 is 9.32 Å². The molecule has 4 nitrogen and oxygen atoms in total. The lowest BCUT2D eigenvalue weighted by molar-refractivity contribution is 0.102. The van der Waals surface area contributed by atoms with E-state index in [9.17, 15) is 4.79 Å². The SMILES string of the molecule is CCc1noc(C)c1C(=O)Nc1ccc2c(c1)-c1ccccc1C2. The Kier molecular flexibility index (Phi) is 3.45. The highest BCUT2D eigenvalue weighted by atomic mass is 16.5. The van der Waals surface area contributed by atoms with Crippen LogP contribution < -0.4 is 5.32 Å². The largest absolute Gasteiger partial charge is 0.361 e. The summed E-state index contributed by atoms with van der Waals surface area (Å²) in [6, 6.07) is 14.5. The first kappa shape index (κ1) is 14.7. The number of hydrogen-bond donors (Lipinski definition) is 1. The van der Waals surface area contributed by atoms with Crippen LogP contribution in [0.3, 0.4) is 0 Å². The van der Waals surface area contributed by atoms with Gasteiger partial charge in [0.25, 0.3) is 5.91 Å². The lowest BCUT2D eigenvalue weighted by Gasteiger charge is -2.08. The molecule has 0 radical (unpaired) electrons. The minimum absolute atomic E-state index is 0.170. The fraction of sp³-hybridized carbons (Fsp3) is 0.200. The fourth-order valence-electron chi connectivity index (χ4n) is 3.35. The van der Waals surface area contributed by atoms with Crippen LogP contribution in [0.4, 0.5) is 5.69 Å². The molecule has 3 aromatic rings. The van der Waals surface area contributed by atoms with E-state index < -0.39 is 0 Å². The van der Waals surface area contributed by atoms with Gasteiger partial charge in [-0.2, -0.15) is 0 Å². The molecule has 0 bridgehead atoms. The molecular formula is C20H18N2O2. The zero-order chi connectivity index (χ0) is 16.7. The summed E-state index contributed by atoms with van der Waals surface area (Å²) in [5.41, 5.74) is 7.09. The van der Waals surface area contributed by atoms with Crippen LogP contribution in [0.25, 0.3) is 11.1 Å². The molecule has 1 N–H and O–H groups in total. The Morgan fingerprint density at radius 2 is 1.96 bits per heavy atom. The number of nitrogens with zero attached hydrogens (tertiary/aromatic N) is 1. The van der Waals surface area contributed by atoms with Crippen LogP contribution in [0, 0.1) is 6.92 Å². The molecule has 4 heteroatoms. The molecule has 2 aromatic carbocycles. The van der Waals surface area contributed by atoms with Crippen molar-refractivity contribution in [1.82, 2.24) is 5.16 Å². The topological polar surface area (TPSA) is 55.1 Å². The molecule has 0 saturated heterocycles. The summed E-state index contributed by atoms with van der Waals surface area (Å²) in [6.07, 6.45) is 1.61. The van der Waals surface area contributed by atoms with Crippen molar-refractivity contribution in [1.29, 1.82) is 0 Å². The molecule has 120 valence electrons. The van der Waals surface area contributed by atoms with Gasteiger partial charge in [0.2, 0.25) is 0 Å². The minimum atomic E-state index is -0.170. The van der Waals surface area contributed by atoms with E-state index in [-0.39, 0.29) is 5.91 Å². The van der Waals surface area contributed by atoms with Crippen LogP contribution in [0.2, 0.25) is 0 Å². The van der Waals surface area contributed by atoms with E-state index in [1.807, 2.05) is 25.1 Å². The van der Waals surface area contributed by atoms with Crippen LogP contribution in [0.15, 0.2) is 47.0 Å². The van der Waals surface area contributed by atoms with Gasteiger partial charge in [-0.25, -0.2) is 0 Å². The summed E-state index contributed by atoms with van der Waals surface area (Å²) in [4.78, 5) is 12.6. The highest BCUT2D eigenvalue weighted by molar-refractivity contribution is 6.06. The number of amides is 1. The predicted octanol–water partition coefficient (Wildman–Crippen LogP) is 4.37. The lowest BCUT2D eigenvalue weighted by atomic mass is 10.0. The molecule has 1 heterocycles. The number of benzene rings is 2. The van der Waals surface area contributed by atoms with Crippen LogP contribution in [-0.4, -0.2) is 11.1 Å². The molecule has 1 aliphatic rings. The maximum absolute atomic E-state index is 12.6. The average Bonchev–Trinajstić information content (AvgIpc) is 3.14. The predicted molar refractivity (Wildman–Crippen MR) is 93.3 cm³/mol. The van der Waals surface area contributed by atoms with Crippen molar-refractivity contribution in [2.45, 2.75) is 26.7 Å². The molecule has 0 atom stereocenters. The van der Waals surface area contributed by atoms with Gasteiger partial charge in [0.05, 0.1) is 5.69 Å². The van der Waals surface area contributed by atoms with Crippen LogP contribution in [-0.2, 0) is 12.8 Å². The number of aryl methyl sites for hydroxylation is 2. The monoisotopic (exact) mass is 318 g/mol. The number of carbonyl (C=O) groups excluding carboxylic acids is 1. The Hall–Kier alpha value is -2.88. The standard InChI is InChI=1S/C20H18N2O2/c1-3-18-19(12(2)24-22-18)20(23)21-15-9-8-14-10-13-6-4-5-7-16(13)17(14)11-15/h4-9,11H,3,10H2,1-2H3,(H,21,23). The quantitative estimate of drug-likeness (QED) is 0.610. The first-order valence-corrected chi connectivity index (χ1v) is 8.15. The van der Waals surface area contributed by atoms with Crippen molar-refractivity contribution in [3.05, 3.63) is 70.6 Å². The molecule has 4 rings (SSSR count). The van der Waals surface area contributed by atoms with Crippen LogP contribution >= 0.6 is 0 Å². The van der Waals surface area contributed by atoms with E-state index in [2.05, 4.69) is 34.7 Å². The third-order valence-corrected chi connectivity index (χ3v) is 4.55. The second-order valence-corrected chi connectivity index (χ2v) is 6.07. The Morgan fingerprint density at radius 1 is 1.17 bits per heavy atom. The summed E-state index contributed by atoms with van der Waals surface area (Å²) >= 11 is 0. The molecule has 1 aromatic heterocycles. The Labute approximate surface area is 140 Å². The summed E-state index contributed by atoms with van der Waals surface area (Å²) in [7, 11) is 0. The van der Waals surface area contributed by atoms with Gasteiger partial charge < -0.3 is 9.84 Å². The normalized spacial score (nSPS) is 11.9. The summed E-state index contributed by atoms with van der Waals surface area (Å²) in [5.74, 6) is 0.382. The number of nitrogens with one attached hydrogen (secondary N) is 1. The highest BCUT2D eigenvalue weighted by Gasteiger charge is 2.21. The van der Waals surface area contributed by atoms with Gasteiger partial charge in [0.15, 0.2) is 0 Å². The third kappa shape index (κ3) is 2.31. The van der Waals surface area contributed by atoms with E-state index >= 15 is 0 Å². The van der Waals surface area contributed by atoms with E-state index in [1.54, 1.807) is 6.92 Å². The maximum atomic E-state index is 12.6. The molecule has 1 amide bonds. The second kappa shape index (κ2) is 5.64. The van der Waals surface area contributed by atoms with Crippen molar-refractivity contribution in [3.8, 4) is 11.1 Å². The van der Waals surface area contributed by atoms with E-state index in [0.717, 1.165) is 12.1 Å². The molecule has 0 unspecified atom stereocenters. The highest BCUT2D eigenvalue weighted by Crippen LogP contribution is 2.37. The first-order chi connectivity index (χ1) is 11.7. The molecule has 1 aliphatic carbocycles. The molecule has 0 fully saturated rings. The summed E-state index contributed by atoms with van der Waals surface area (Å²) in [5, 5.41) is 6.93. The lowest BCUT2D eigenvalue weighted by Crippen LogP contribution is -2.14. The number of aromatic nitrogens is 1. The van der Waals surface area contributed by atoms with Crippen molar-refractivity contribution in [2.24, 2.45) is 0 Å². The van der Waals surface area contributed by atoms with Gasteiger partial charge in [-0.3, -0.25) is 4.79 Å². The van der Waals surface area contributed by atoms with Gasteiger partial charge in [-0.05, 0) is 54.2 Å². The minimum Gasteiger partial charge on any atom is -0.361 e. The van der Waals surface area contributed by atoms with Gasteiger partial charge >= 0.3 is 0 Å². The zero-order valence-electron chi connectivity index (χ0n) is 13.7. The van der Waals surface area contributed by atoms with Gasteiger partial charge in [0, 0.05) is 5.69 Å². The van der Waals surface area contributed by atoms with Gasteiger partial charge in [0.1, 0.15) is 11.3 Å². The number of anilines is 1. The molecule has 24 heavy (non-hydrogen) atoms. The molecule has 0 spiro atoms.